The molecule has 24 heavy (non-hydrogen) atoms. The van der Waals surface area contributed by atoms with Crippen molar-refractivity contribution in [2.24, 2.45) is 0 Å². The summed E-state index contributed by atoms with van der Waals surface area (Å²) < 4.78 is 7.35. The van der Waals surface area contributed by atoms with Gasteiger partial charge in [0.05, 0.1) is 7.05 Å². The lowest BCUT2D eigenvalue weighted by molar-refractivity contribution is -0.894. The zero-order chi connectivity index (χ0) is 16.9. The van der Waals surface area contributed by atoms with Gasteiger partial charge in [-0.1, -0.05) is 24.3 Å². The molecule has 2 aromatic heterocycles. The maximum Gasteiger partial charge on any atom is 0.258 e. The van der Waals surface area contributed by atoms with Gasteiger partial charge in [0.15, 0.2) is 0 Å². The summed E-state index contributed by atoms with van der Waals surface area (Å²) in [6, 6.07) is 17.1. The summed E-state index contributed by atoms with van der Waals surface area (Å²) in [6.45, 7) is 4.07. The molecule has 3 aromatic rings. The van der Waals surface area contributed by atoms with Gasteiger partial charge in [0.2, 0.25) is 0 Å². The van der Waals surface area contributed by atoms with Crippen LogP contribution in [0.3, 0.4) is 0 Å². The number of fused-ring (bicyclic) bond motifs is 1. The van der Waals surface area contributed by atoms with Crippen molar-refractivity contribution < 1.29 is 9.64 Å². The average Bonchev–Trinajstić information content (AvgIpc) is 2.55. The van der Waals surface area contributed by atoms with Crippen molar-refractivity contribution in [1.29, 1.82) is 0 Å². The Morgan fingerprint density at radius 2 is 1.92 bits per heavy atom. The molecule has 5 heteroatoms. The van der Waals surface area contributed by atoms with Crippen LogP contribution in [-0.2, 0) is 6.54 Å². The molecule has 0 aliphatic carbocycles. The SMILES string of the molecule is Cc1cccc2nc(C[NH+](C)CCOc3ccccc3)cc(=O)n12. The Bertz CT molecular complexity index is 875. The van der Waals surface area contributed by atoms with Crippen molar-refractivity contribution in [3.05, 3.63) is 76.3 Å². The second-order valence-corrected chi connectivity index (χ2v) is 5.99. The van der Waals surface area contributed by atoms with Crippen LogP contribution in [-0.4, -0.2) is 29.6 Å². The third-order valence-electron chi connectivity index (χ3n) is 3.96. The van der Waals surface area contributed by atoms with Gasteiger partial charge in [-0.25, -0.2) is 4.98 Å². The second kappa shape index (κ2) is 7.27. The molecule has 0 radical (unpaired) electrons. The van der Waals surface area contributed by atoms with Crippen LogP contribution in [0.4, 0.5) is 0 Å². The number of aryl methyl sites for hydroxylation is 1. The normalized spacial score (nSPS) is 12.2. The van der Waals surface area contributed by atoms with Crippen molar-refractivity contribution in [1.82, 2.24) is 9.38 Å². The van der Waals surface area contributed by atoms with Crippen molar-refractivity contribution in [3.63, 3.8) is 0 Å². The molecule has 0 aliphatic rings. The first-order chi connectivity index (χ1) is 11.6. The van der Waals surface area contributed by atoms with Crippen LogP contribution >= 0.6 is 0 Å². The predicted octanol–water partition coefficient (Wildman–Crippen LogP) is 1.10. The number of pyridine rings is 1. The van der Waals surface area contributed by atoms with E-state index in [2.05, 4.69) is 12.0 Å². The molecule has 3 rings (SSSR count). The van der Waals surface area contributed by atoms with Gasteiger partial charge < -0.3 is 9.64 Å². The third kappa shape index (κ3) is 3.81. The van der Waals surface area contributed by atoms with E-state index in [0.29, 0.717) is 18.8 Å². The van der Waals surface area contributed by atoms with Crippen molar-refractivity contribution in [2.45, 2.75) is 13.5 Å². The largest absolute Gasteiger partial charge is 0.488 e. The monoisotopic (exact) mass is 324 g/mol. The van der Waals surface area contributed by atoms with E-state index in [1.165, 1.54) is 4.90 Å². The highest BCUT2D eigenvalue weighted by Crippen LogP contribution is 2.07. The number of nitrogens with zero attached hydrogens (tertiary/aromatic N) is 2. The van der Waals surface area contributed by atoms with E-state index in [9.17, 15) is 4.79 Å². The number of ether oxygens (including phenoxy) is 1. The minimum Gasteiger partial charge on any atom is -0.488 e. The van der Waals surface area contributed by atoms with Gasteiger partial charge in [-0.05, 0) is 31.2 Å². The fourth-order valence-corrected chi connectivity index (χ4v) is 2.71. The first kappa shape index (κ1) is 16.2. The molecule has 1 unspecified atom stereocenters. The number of rotatable bonds is 6. The molecule has 0 saturated heterocycles. The molecule has 0 fully saturated rings. The second-order valence-electron chi connectivity index (χ2n) is 5.99. The summed E-state index contributed by atoms with van der Waals surface area (Å²) in [5.74, 6) is 0.878. The van der Waals surface area contributed by atoms with Crippen LogP contribution < -0.4 is 15.2 Å². The minimum atomic E-state index is -0.0264. The Balaban J connectivity index is 1.63. The summed E-state index contributed by atoms with van der Waals surface area (Å²) in [5.41, 5.74) is 2.38. The number of likely N-dealkylation sites (N-methyl/N-ethyl adjacent to an activating group) is 1. The number of benzene rings is 1. The molecule has 0 amide bonds. The Kier molecular flexibility index (Phi) is 4.91. The summed E-state index contributed by atoms with van der Waals surface area (Å²) in [7, 11) is 2.08. The lowest BCUT2D eigenvalue weighted by Crippen LogP contribution is -3.08. The lowest BCUT2D eigenvalue weighted by Gasteiger charge is -2.14. The Morgan fingerprint density at radius 1 is 1.12 bits per heavy atom. The predicted molar refractivity (Wildman–Crippen MR) is 93.6 cm³/mol. The van der Waals surface area contributed by atoms with Gasteiger partial charge in [-0.3, -0.25) is 9.20 Å². The molecule has 5 nitrogen and oxygen atoms in total. The van der Waals surface area contributed by atoms with Gasteiger partial charge in [-0.15, -0.1) is 0 Å². The number of hydrogen-bond donors (Lipinski definition) is 1. The maximum absolute atomic E-state index is 12.3. The molecule has 1 aromatic carbocycles. The van der Waals surface area contributed by atoms with Crippen LogP contribution in [0.2, 0.25) is 0 Å². The zero-order valence-corrected chi connectivity index (χ0v) is 14.0. The molecular weight excluding hydrogens is 302 g/mol. The van der Waals surface area contributed by atoms with Crippen LogP contribution in [0.15, 0.2) is 59.4 Å². The molecule has 1 N–H and O–H groups in total. The summed E-state index contributed by atoms with van der Waals surface area (Å²) in [4.78, 5) is 18.1. The van der Waals surface area contributed by atoms with Crippen molar-refractivity contribution in [3.8, 4) is 5.75 Å². The number of aromatic nitrogens is 2. The van der Waals surface area contributed by atoms with E-state index >= 15 is 0 Å². The van der Waals surface area contributed by atoms with Crippen LogP contribution in [0.1, 0.15) is 11.4 Å². The van der Waals surface area contributed by atoms with Crippen LogP contribution in [0.25, 0.3) is 5.65 Å². The summed E-state index contributed by atoms with van der Waals surface area (Å²) in [5, 5.41) is 0. The average molecular weight is 324 g/mol. The van der Waals surface area contributed by atoms with Crippen molar-refractivity contribution in [2.75, 3.05) is 20.2 Å². The van der Waals surface area contributed by atoms with E-state index in [1.807, 2.05) is 55.5 Å². The fraction of sp³-hybridized carbons (Fsp3) is 0.263. The molecular formula is C19H22N3O2+. The molecule has 0 aliphatic heterocycles. The molecule has 2 heterocycles. The topological polar surface area (TPSA) is 48.0 Å². The van der Waals surface area contributed by atoms with E-state index in [4.69, 9.17) is 4.74 Å². The van der Waals surface area contributed by atoms with E-state index in [1.54, 1.807) is 10.5 Å². The quantitative estimate of drug-likeness (QED) is 0.739. The maximum atomic E-state index is 12.3. The summed E-state index contributed by atoms with van der Waals surface area (Å²) in [6.07, 6.45) is 0. The molecule has 0 bridgehead atoms. The highest BCUT2D eigenvalue weighted by Gasteiger charge is 2.09. The lowest BCUT2D eigenvalue weighted by atomic mass is 10.3. The smallest absolute Gasteiger partial charge is 0.258 e. The molecule has 1 atom stereocenters. The van der Waals surface area contributed by atoms with Gasteiger partial charge in [0.25, 0.3) is 5.56 Å². The van der Waals surface area contributed by atoms with Gasteiger partial charge >= 0.3 is 0 Å². The minimum absolute atomic E-state index is 0.0264. The zero-order valence-electron chi connectivity index (χ0n) is 14.0. The Morgan fingerprint density at radius 3 is 2.71 bits per heavy atom. The number of quaternary nitrogens is 1. The highest BCUT2D eigenvalue weighted by atomic mass is 16.5. The van der Waals surface area contributed by atoms with Gasteiger partial charge in [-0.2, -0.15) is 0 Å². The number of nitrogens with one attached hydrogen (secondary N) is 1. The Hall–Kier alpha value is -2.66. The van der Waals surface area contributed by atoms with Gasteiger partial charge in [0.1, 0.15) is 36.8 Å². The van der Waals surface area contributed by atoms with E-state index < -0.39 is 0 Å². The first-order valence-electron chi connectivity index (χ1n) is 8.11. The van der Waals surface area contributed by atoms with Crippen LogP contribution in [0.5, 0.6) is 5.75 Å². The first-order valence-corrected chi connectivity index (χ1v) is 8.11. The third-order valence-corrected chi connectivity index (χ3v) is 3.96. The molecule has 124 valence electrons. The summed E-state index contributed by atoms with van der Waals surface area (Å²) >= 11 is 0. The van der Waals surface area contributed by atoms with E-state index in [-0.39, 0.29) is 5.56 Å². The number of para-hydroxylation sites is 1. The molecule has 0 saturated carbocycles. The Labute approximate surface area is 141 Å². The van der Waals surface area contributed by atoms with E-state index in [0.717, 1.165) is 23.7 Å². The number of hydrogen-bond acceptors (Lipinski definition) is 3. The molecule has 0 spiro atoms. The highest BCUT2D eigenvalue weighted by molar-refractivity contribution is 5.40. The van der Waals surface area contributed by atoms with Gasteiger partial charge in [0, 0.05) is 11.8 Å². The van der Waals surface area contributed by atoms with Crippen LogP contribution in [0, 0.1) is 6.92 Å². The fourth-order valence-electron chi connectivity index (χ4n) is 2.71. The van der Waals surface area contributed by atoms with Crippen molar-refractivity contribution >= 4 is 5.65 Å². The standard InChI is InChI=1S/C19H21N3O2/c1-15-7-6-10-18-20-16(13-19(23)22(15)18)14-21(2)11-12-24-17-8-4-3-5-9-17/h3-10,13H,11-12,14H2,1-2H3/p+1.